The van der Waals surface area contributed by atoms with Gasteiger partial charge in [-0.2, -0.15) is 0 Å². The number of hydrogen-bond acceptors (Lipinski definition) is 3. The van der Waals surface area contributed by atoms with E-state index in [2.05, 4.69) is 61.6 Å². The fourth-order valence-electron chi connectivity index (χ4n) is 3.01. The lowest BCUT2D eigenvalue weighted by atomic mass is 10.1. The Morgan fingerprint density at radius 1 is 0.875 bits per heavy atom. The Kier molecular flexibility index (Phi) is 10.1. The molecule has 1 heterocycles. The molecule has 0 atom stereocenters. The maximum absolute atomic E-state index is 5.88. The van der Waals surface area contributed by atoms with Crippen LogP contribution in [0.25, 0.3) is 0 Å². The summed E-state index contributed by atoms with van der Waals surface area (Å²) in [7, 11) is 0. The Bertz CT molecular complexity index is 424. The van der Waals surface area contributed by atoms with Gasteiger partial charge in [0.2, 0.25) is 0 Å². The fourth-order valence-corrected chi connectivity index (χ4v) is 6.18. The minimum Gasteiger partial charge on any atom is -0.494 e. The first-order chi connectivity index (χ1) is 11.8. The van der Waals surface area contributed by atoms with Gasteiger partial charge >= 0.3 is 0 Å². The van der Waals surface area contributed by atoms with Gasteiger partial charge in [-0.05, 0) is 48.0 Å². The predicted octanol–water partition coefficient (Wildman–Crippen LogP) is 7.32. The summed E-state index contributed by atoms with van der Waals surface area (Å²) in [6.07, 6.45) is 10.6. The van der Waals surface area contributed by atoms with Crippen LogP contribution >= 0.6 is 23.5 Å². The second-order valence-corrected chi connectivity index (χ2v) is 9.41. The first-order valence-corrected chi connectivity index (χ1v) is 11.9. The first kappa shape index (κ1) is 20.0. The highest BCUT2D eigenvalue weighted by Gasteiger charge is 2.22. The lowest BCUT2D eigenvalue weighted by molar-refractivity contribution is 0.304. The summed E-state index contributed by atoms with van der Waals surface area (Å²) in [5, 5.41) is 0. The average Bonchev–Trinajstić information content (AvgIpc) is 2.64. The molecule has 0 saturated carbocycles. The number of rotatable bonds is 11. The molecular formula is C21H34OS2. The van der Waals surface area contributed by atoms with E-state index >= 15 is 0 Å². The molecule has 0 radical (unpaired) electrons. The SMILES string of the molecule is CCCCCCCOc1ccc(C2SCC(CCCC)CS2)cc1. The molecule has 0 bridgehead atoms. The second-order valence-electron chi connectivity index (χ2n) is 6.84. The number of ether oxygens (including phenoxy) is 1. The van der Waals surface area contributed by atoms with E-state index in [-0.39, 0.29) is 0 Å². The Morgan fingerprint density at radius 2 is 1.54 bits per heavy atom. The Balaban J connectivity index is 1.67. The quantitative estimate of drug-likeness (QED) is 0.380. The average molecular weight is 367 g/mol. The van der Waals surface area contributed by atoms with Gasteiger partial charge in [0.25, 0.3) is 0 Å². The molecule has 24 heavy (non-hydrogen) atoms. The topological polar surface area (TPSA) is 9.23 Å². The zero-order valence-electron chi connectivity index (χ0n) is 15.5. The summed E-state index contributed by atoms with van der Waals surface area (Å²) in [5.41, 5.74) is 1.45. The number of hydrogen-bond donors (Lipinski definition) is 0. The van der Waals surface area contributed by atoms with Crippen molar-refractivity contribution in [2.75, 3.05) is 18.1 Å². The third kappa shape index (κ3) is 7.31. The molecule has 2 rings (SSSR count). The van der Waals surface area contributed by atoms with Gasteiger partial charge in [0.05, 0.1) is 11.2 Å². The lowest BCUT2D eigenvalue weighted by Gasteiger charge is -2.28. The number of thioether (sulfide) groups is 2. The van der Waals surface area contributed by atoms with Crippen LogP contribution in [0.5, 0.6) is 5.75 Å². The number of unbranched alkanes of at least 4 members (excludes halogenated alkanes) is 5. The molecule has 0 N–H and O–H groups in total. The van der Waals surface area contributed by atoms with E-state index in [9.17, 15) is 0 Å². The Labute approximate surface area is 157 Å². The van der Waals surface area contributed by atoms with Gasteiger partial charge in [-0.15, -0.1) is 23.5 Å². The molecule has 1 aromatic rings. The zero-order chi connectivity index (χ0) is 17.0. The molecule has 3 heteroatoms. The van der Waals surface area contributed by atoms with E-state index < -0.39 is 0 Å². The fraction of sp³-hybridized carbons (Fsp3) is 0.714. The summed E-state index contributed by atoms with van der Waals surface area (Å²) < 4.78 is 6.49. The molecule has 0 aliphatic carbocycles. The van der Waals surface area contributed by atoms with Crippen molar-refractivity contribution in [2.45, 2.75) is 69.8 Å². The van der Waals surface area contributed by atoms with Crippen molar-refractivity contribution in [3.63, 3.8) is 0 Å². The molecule has 1 aliphatic rings. The van der Waals surface area contributed by atoms with E-state index in [1.54, 1.807) is 0 Å². The standard InChI is InChI=1S/C21H34OS2/c1-3-5-7-8-9-15-22-20-13-11-19(12-14-20)21-23-16-18(17-24-21)10-6-4-2/h11-14,18,21H,3-10,15-17H2,1-2H3. The van der Waals surface area contributed by atoms with Crippen LogP contribution in [0.1, 0.15) is 75.4 Å². The van der Waals surface area contributed by atoms with Crippen molar-refractivity contribution in [3.05, 3.63) is 29.8 Å². The molecular weight excluding hydrogens is 332 g/mol. The van der Waals surface area contributed by atoms with Crippen LogP contribution in [0.3, 0.4) is 0 Å². The van der Waals surface area contributed by atoms with Crippen LogP contribution < -0.4 is 4.74 Å². The molecule has 136 valence electrons. The first-order valence-electron chi connectivity index (χ1n) is 9.79. The van der Waals surface area contributed by atoms with Crippen LogP contribution in [0.4, 0.5) is 0 Å². The summed E-state index contributed by atoms with van der Waals surface area (Å²) in [6.45, 7) is 5.40. The monoisotopic (exact) mass is 366 g/mol. The minimum absolute atomic E-state index is 0.617. The maximum Gasteiger partial charge on any atom is 0.119 e. The predicted molar refractivity (Wildman–Crippen MR) is 111 cm³/mol. The van der Waals surface area contributed by atoms with Gasteiger partial charge < -0.3 is 4.74 Å². The van der Waals surface area contributed by atoms with Crippen LogP contribution in [-0.4, -0.2) is 18.1 Å². The van der Waals surface area contributed by atoms with Gasteiger partial charge in [0.1, 0.15) is 5.75 Å². The number of benzene rings is 1. The molecule has 1 aromatic carbocycles. The Morgan fingerprint density at radius 3 is 2.21 bits per heavy atom. The minimum atomic E-state index is 0.617. The molecule has 0 aromatic heterocycles. The summed E-state index contributed by atoms with van der Waals surface area (Å²) in [5.74, 6) is 4.61. The zero-order valence-corrected chi connectivity index (χ0v) is 17.1. The van der Waals surface area contributed by atoms with Crippen molar-refractivity contribution < 1.29 is 4.74 Å². The van der Waals surface area contributed by atoms with Gasteiger partial charge in [-0.3, -0.25) is 0 Å². The van der Waals surface area contributed by atoms with Gasteiger partial charge in [0, 0.05) is 0 Å². The summed E-state index contributed by atoms with van der Waals surface area (Å²) in [6, 6.07) is 8.85. The maximum atomic E-state index is 5.88. The van der Waals surface area contributed by atoms with Gasteiger partial charge in [-0.1, -0.05) is 64.5 Å². The van der Waals surface area contributed by atoms with Crippen LogP contribution in [0, 0.1) is 5.92 Å². The summed E-state index contributed by atoms with van der Waals surface area (Å²) in [4.78, 5) is 0. The van der Waals surface area contributed by atoms with Crippen molar-refractivity contribution in [3.8, 4) is 5.75 Å². The highest BCUT2D eigenvalue weighted by Crippen LogP contribution is 2.46. The second kappa shape index (κ2) is 12.1. The van der Waals surface area contributed by atoms with E-state index in [0.717, 1.165) is 18.3 Å². The van der Waals surface area contributed by atoms with E-state index in [1.165, 1.54) is 68.4 Å². The molecule has 1 saturated heterocycles. The highest BCUT2D eigenvalue weighted by molar-refractivity contribution is 8.16. The van der Waals surface area contributed by atoms with E-state index in [0.29, 0.717) is 4.58 Å². The highest BCUT2D eigenvalue weighted by atomic mass is 32.2. The Hall–Kier alpha value is -0.280. The third-order valence-corrected chi connectivity index (χ3v) is 7.90. The van der Waals surface area contributed by atoms with Crippen LogP contribution in [0.2, 0.25) is 0 Å². The molecule has 0 amide bonds. The van der Waals surface area contributed by atoms with Crippen molar-refractivity contribution >= 4 is 23.5 Å². The van der Waals surface area contributed by atoms with Crippen molar-refractivity contribution in [2.24, 2.45) is 5.92 Å². The van der Waals surface area contributed by atoms with Crippen molar-refractivity contribution in [1.82, 2.24) is 0 Å². The smallest absolute Gasteiger partial charge is 0.119 e. The van der Waals surface area contributed by atoms with E-state index in [1.807, 2.05) is 0 Å². The molecule has 1 aliphatic heterocycles. The van der Waals surface area contributed by atoms with Crippen LogP contribution in [0.15, 0.2) is 24.3 Å². The third-order valence-electron chi connectivity index (χ3n) is 4.60. The van der Waals surface area contributed by atoms with E-state index in [4.69, 9.17) is 4.74 Å². The summed E-state index contributed by atoms with van der Waals surface area (Å²) >= 11 is 4.26. The van der Waals surface area contributed by atoms with Gasteiger partial charge in [-0.25, -0.2) is 0 Å². The normalized spacial score (nSPS) is 20.9. The molecule has 0 unspecified atom stereocenters. The molecule has 1 fully saturated rings. The largest absolute Gasteiger partial charge is 0.494 e. The molecule has 1 nitrogen and oxygen atoms in total. The lowest BCUT2D eigenvalue weighted by Crippen LogP contribution is -2.14. The van der Waals surface area contributed by atoms with Gasteiger partial charge in [0.15, 0.2) is 0 Å². The van der Waals surface area contributed by atoms with Crippen LogP contribution in [-0.2, 0) is 0 Å². The molecule has 0 spiro atoms. The van der Waals surface area contributed by atoms with Crippen molar-refractivity contribution in [1.29, 1.82) is 0 Å².